The highest BCUT2D eigenvalue weighted by Crippen LogP contribution is 2.31. The predicted molar refractivity (Wildman–Crippen MR) is 88.6 cm³/mol. The molecule has 3 aromatic rings. The Labute approximate surface area is 127 Å². The molecule has 0 aliphatic heterocycles. The second-order valence-electron chi connectivity index (χ2n) is 4.91. The van der Waals surface area contributed by atoms with Crippen molar-refractivity contribution in [3.8, 4) is 0 Å². The van der Waals surface area contributed by atoms with E-state index in [1.807, 2.05) is 25.1 Å². The van der Waals surface area contributed by atoms with Gasteiger partial charge in [0.2, 0.25) is 0 Å². The van der Waals surface area contributed by atoms with Crippen molar-refractivity contribution in [2.24, 2.45) is 0 Å². The van der Waals surface area contributed by atoms with Gasteiger partial charge >= 0.3 is 0 Å². The summed E-state index contributed by atoms with van der Waals surface area (Å²) in [6, 6.07) is 16.5. The van der Waals surface area contributed by atoms with Crippen LogP contribution in [0.2, 0.25) is 0 Å². The van der Waals surface area contributed by atoms with Crippen LogP contribution in [0, 0.1) is 6.92 Å². The lowest BCUT2D eigenvalue weighted by atomic mass is 10.0. The molecule has 20 heavy (non-hydrogen) atoms. The van der Waals surface area contributed by atoms with Gasteiger partial charge in [-0.3, -0.25) is 0 Å². The number of halogens is 1. The third-order valence-electron chi connectivity index (χ3n) is 3.46. The van der Waals surface area contributed by atoms with Crippen molar-refractivity contribution in [2.75, 3.05) is 0 Å². The van der Waals surface area contributed by atoms with E-state index in [0.29, 0.717) is 0 Å². The molecule has 0 spiro atoms. The molecule has 0 bridgehead atoms. The second kappa shape index (κ2) is 5.29. The maximum atomic E-state index is 5.83. The number of fused-ring (bicyclic) bond motifs is 1. The summed E-state index contributed by atoms with van der Waals surface area (Å²) in [5, 5.41) is 1.15. The second-order valence-corrected chi connectivity index (χ2v) is 5.82. The van der Waals surface area contributed by atoms with E-state index in [-0.39, 0.29) is 0 Å². The van der Waals surface area contributed by atoms with Crippen LogP contribution in [0.4, 0.5) is 0 Å². The van der Waals surface area contributed by atoms with Crippen molar-refractivity contribution in [1.29, 1.82) is 0 Å². The zero-order chi connectivity index (χ0) is 14.1. The Bertz CT molecular complexity index is 782. The fourth-order valence-corrected chi connectivity index (χ4v) is 2.75. The first kappa shape index (κ1) is 13.2. The van der Waals surface area contributed by atoms with E-state index in [0.717, 1.165) is 26.8 Å². The minimum absolute atomic E-state index is 0.929. The molecule has 0 aliphatic rings. The van der Waals surface area contributed by atoms with Gasteiger partial charge in [-0.1, -0.05) is 46.3 Å². The molecule has 0 fully saturated rings. The van der Waals surface area contributed by atoms with E-state index in [1.54, 1.807) is 0 Å². The van der Waals surface area contributed by atoms with Crippen LogP contribution in [0.5, 0.6) is 0 Å². The molecule has 1 aromatic heterocycles. The van der Waals surface area contributed by atoms with Gasteiger partial charge in [-0.05, 0) is 49.3 Å². The van der Waals surface area contributed by atoms with Crippen LogP contribution < -0.4 is 0 Å². The van der Waals surface area contributed by atoms with Gasteiger partial charge in [0, 0.05) is 15.4 Å². The first-order chi connectivity index (χ1) is 9.65. The molecular formula is C18H15BrO. The van der Waals surface area contributed by atoms with E-state index >= 15 is 0 Å². The van der Waals surface area contributed by atoms with Crippen LogP contribution in [-0.4, -0.2) is 0 Å². The number of benzene rings is 2. The molecule has 0 aliphatic carbocycles. The fraction of sp³-hybridized carbons (Fsp3) is 0.111. The van der Waals surface area contributed by atoms with Crippen molar-refractivity contribution in [3.63, 3.8) is 0 Å². The highest BCUT2D eigenvalue weighted by molar-refractivity contribution is 9.10. The summed E-state index contributed by atoms with van der Waals surface area (Å²) in [5.74, 6) is 0.952. The molecule has 1 nitrogen and oxygen atoms in total. The minimum Gasteiger partial charge on any atom is -0.461 e. The average Bonchev–Trinajstić information content (AvgIpc) is 2.76. The maximum absolute atomic E-state index is 5.83. The van der Waals surface area contributed by atoms with Crippen LogP contribution in [0.1, 0.15) is 23.8 Å². The van der Waals surface area contributed by atoms with Gasteiger partial charge in [0.15, 0.2) is 0 Å². The Morgan fingerprint density at radius 3 is 2.60 bits per heavy atom. The van der Waals surface area contributed by atoms with Crippen LogP contribution in [-0.2, 0) is 0 Å². The third-order valence-corrected chi connectivity index (χ3v) is 3.96. The van der Waals surface area contributed by atoms with Crippen molar-refractivity contribution in [1.82, 2.24) is 0 Å². The van der Waals surface area contributed by atoms with Gasteiger partial charge in [-0.15, -0.1) is 0 Å². The number of rotatable bonds is 2. The van der Waals surface area contributed by atoms with Crippen molar-refractivity contribution >= 4 is 38.5 Å². The number of aryl methyl sites for hydroxylation is 1. The minimum atomic E-state index is 0.929. The Kier molecular flexibility index (Phi) is 3.49. The summed E-state index contributed by atoms with van der Waals surface area (Å²) in [6.07, 6.45) is 2.20. The molecule has 2 aromatic carbocycles. The predicted octanol–water partition coefficient (Wildman–Crippen LogP) is 6.06. The standard InChI is InChI=1S/C18H15BrO/c1-12(14-6-4-3-5-7-14)10-16-13(2)20-18-9-8-15(19)11-17(16)18/h3-11H,1-2H3/b12-10+. The highest BCUT2D eigenvalue weighted by Gasteiger charge is 2.09. The largest absolute Gasteiger partial charge is 0.461 e. The molecule has 0 saturated heterocycles. The first-order valence-electron chi connectivity index (χ1n) is 6.57. The van der Waals surface area contributed by atoms with Crippen LogP contribution in [0.25, 0.3) is 22.6 Å². The zero-order valence-electron chi connectivity index (χ0n) is 11.5. The van der Waals surface area contributed by atoms with E-state index in [4.69, 9.17) is 4.42 Å². The van der Waals surface area contributed by atoms with Crippen molar-refractivity contribution in [3.05, 3.63) is 69.9 Å². The van der Waals surface area contributed by atoms with Crippen LogP contribution in [0.3, 0.4) is 0 Å². The van der Waals surface area contributed by atoms with Crippen LogP contribution >= 0.6 is 15.9 Å². The summed E-state index contributed by atoms with van der Waals surface area (Å²) in [6.45, 7) is 4.14. The molecule has 0 atom stereocenters. The Morgan fingerprint density at radius 1 is 1.10 bits per heavy atom. The fourth-order valence-electron chi connectivity index (χ4n) is 2.39. The third kappa shape index (κ3) is 2.44. The Hall–Kier alpha value is -1.80. The average molecular weight is 327 g/mol. The molecule has 3 rings (SSSR count). The molecule has 0 saturated carbocycles. The smallest absolute Gasteiger partial charge is 0.134 e. The Balaban J connectivity index is 2.15. The van der Waals surface area contributed by atoms with Crippen molar-refractivity contribution < 1.29 is 4.42 Å². The topological polar surface area (TPSA) is 13.1 Å². The van der Waals surface area contributed by atoms with Gasteiger partial charge in [-0.2, -0.15) is 0 Å². The quantitative estimate of drug-likeness (QED) is 0.557. The summed E-state index contributed by atoms with van der Waals surface area (Å²) in [4.78, 5) is 0. The van der Waals surface area contributed by atoms with E-state index in [9.17, 15) is 0 Å². The number of furan rings is 1. The lowest BCUT2D eigenvalue weighted by Gasteiger charge is -2.01. The monoisotopic (exact) mass is 326 g/mol. The zero-order valence-corrected chi connectivity index (χ0v) is 13.1. The molecule has 0 unspecified atom stereocenters. The van der Waals surface area contributed by atoms with Gasteiger partial charge in [0.1, 0.15) is 11.3 Å². The highest BCUT2D eigenvalue weighted by atomic mass is 79.9. The molecule has 0 amide bonds. The normalized spacial score (nSPS) is 12.1. The maximum Gasteiger partial charge on any atom is 0.134 e. The summed E-state index contributed by atoms with van der Waals surface area (Å²) >= 11 is 3.52. The van der Waals surface area contributed by atoms with Gasteiger partial charge in [0.25, 0.3) is 0 Å². The SMILES string of the molecule is C/C(=C\c1c(C)oc2ccc(Br)cc12)c1ccccc1. The molecule has 0 N–H and O–H groups in total. The van der Waals surface area contributed by atoms with Gasteiger partial charge in [-0.25, -0.2) is 0 Å². The van der Waals surface area contributed by atoms with Gasteiger partial charge in [0.05, 0.1) is 0 Å². The number of hydrogen-bond donors (Lipinski definition) is 0. The molecule has 100 valence electrons. The van der Waals surface area contributed by atoms with E-state index < -0.39 is 0 Å². The van der Waals surface area contributed by atoms with Crippen molar-refractivity contribution in [2.45, 2.75) is 13.8 Å². The number of allylic oxidation sites excluding steroid dienone is 1. The summed E-state index contributed by atoms with van der Waals surface area (Å²) in [7, 11) is 0. The lowest BCUT2D eigenvalue weighted by Crippen LogP contribution is -1.80. The molecular weight excluding hydrogens is 312 g/mol. The molecule has 0 radical (unpaired) electrons. The molecule has 1 heterocycles. The summed E-state index contributed by atoms with van der Waals surface area (Å²) < 4.78 is 6.89. The summed E-state index contributed by atoms with van der Waals surface area (Å²) in [5.41, 5.74) is 4.55. The molecule has 2 heteroatoms. The van der Waals surface area contributed by atoms with E-state index in [2.05, 4.69) is 59.3 Å². The number of hydrogen-bond acceptors (Lipinski definition) is 1. The van der Waals surface area contributed by atoms with E-state index in [1.165, 1.54) is 11.1 Å². The Morgan fingerprint density at radius 2 is 1.85 bits per heavy atom. The van der Waals surface area contributed by atoms with Crippen LogP contribution in [0.15, 0.2) is 57.4 Å². The van der Waals surface area contributed by atoms with Gasteiger partial charge < -0.3 is 4.42 Å². The first-order valence-corrected chi connectivity index (χ1v) is 7.37. The lowest BCUT2D eigenvalue weighted by molar-refractivity contribution is 0.577.